The number of hydrogen-bond donors (Lipinski definition) is 6. The zero-order valence-electron chi connectivity index (χ0n) is 37.1. The molecule has 4 rings (SSSR count). The Balaban J connectivity index is 1.60. The standard InChI is InChI=1S/C42H74N2O15/c1-12-14-29(45)35(49)43-27-20-28(44-38(50)59-40(6,7)8)34(55-36-23(2)17-18-24(54-36)15-13-16-25-21-53-41(9,10)57-25)32(48)33(27)56-37-31(47)26(42(11,51)22-52-37)19-30(46)58-39(3,4)5/h23-29,31-34,36-37,45,47-48,51H,12-22H2,1-11H3,(H,43,49)(H,44,50)/t23?,24-,25?,26-,27-,28+,29+,31?,32?,33?,34?,36-,37-,42?/m1/s1. The van der Waals surface area contributed by atoms with E-state index in [-0.39, 0.29) is 44.0 Å². The molecule has 1 saturated carbocycles. The zero-order chi connectivity index (χ0) is 44.1. The molecule has 0 radical (unpaired) electrons. The van der Waals surface area contributed by atoms with Crippen LogP contribution < -0.4 is 10.6 Å². The SMILES string of the molecule is CCC[C@H](O)C(=O)N[C@@H]1C[C@H](NC(=O)OC(C)(C)C)C(O[C@H]2O[C@H](CCCC3COC(C)(C)O3)CCC2C)C(O)C1O[C@H]1OCC(C)(O)[C@H](CC(=O)OC(C)(C)C)C1O. The molecule has 2 amide bonds. The third kappa shape index (κ3) is 14.7. The van der Waals surface area contributed by atoms with Crippen LogP contribution >= 0.6 is 0 Å². The highest BCUT2D eigenvalue weighted by molar-refractivity contribution is 5.80. The summed E-state index contributed by atoms with van der Waals surface area (Å²) in [6.45, 7) is 19.5. The van der Waals surface area contributed by atoms with Gasteiger partial charge in [-0.25, -0.2) is 4.79 Å². The molecule has 14 atom stereocenters. The Bertz CT molecular complexity index is 1380. The number of ether oxygens (including phenoxy) is 8. The molecule has 0 aromatic heterocycles. The van der Waals surface area contributed by atoms with Crippen LogP contribution in [0.5, 0.6) is 0 Å². The number of rotatable bonds is 15. The first-order valence-corrected chi connectivity index (χ1v) is 21.5. The maximum absolute atomic E-state index is 13.3. The summed E-state index contributed by atoms with van der Waals surface area (Å²) >= 11 is 0. The van der Waals surface area contributed by atoms with Crippen molar-refractivity contribution in [1.29, 1.82) is 0 Å². The van der Waals surface area contributed by atoms with Gasteiger partial charge in [-0.3, -0.25) is 9.59 Å². The fourth-order valence-electron chi connectivity index (χ4n) is 8.16. The molecule has 0 aromatic carbocycles. The summed E-state index contributed by atoms with van der Waals surface area (Å²) in [6, 6.07) is -2.04. The molecule has 17 heteroatoms. The normalized spacial score (nSPS) is 37.0. The van der Waals surface area contributed by atoms with Crippen LogP contribution in [0.3, 0.4) is 0 Å². The average molecular weight is 847 g/mol. The molecular formula is C42H74N2O15. The largest absolute Gasteiger partial charge is 0.460 e. The molecular weight excluding hydrogens is 772 g/mol. The molecule has 0 spiro atoms. The third-order valence-corrected chi connectivity index (χ3v) is 11.1. The molecule has 59 heavy (non-hydrogen) atoms. The predicted octanol–water partition coefficient (Wildman–Crippen LogP) is 3.34. The second-order valence-corrected chi connectivity index (χ2v) is 19.6. The monoisotopic (exact) mass is 847 g/mol. The van der Waals surface area contributed by atoms with Gasteiger partial charge in [0.15, 0.2) is 18.4 Å². The maximum atomic E-state index is 13.3. The summed E-state index contributed by atoms with van der Waals surface area (Å²) in [5.41, 5.74) is -3.33. The Labute approximate surface area is 349 Å². The molecule has 3 saturated heterocycles. The van der Waals surface area contributed by atoms with Crippen LogP contribution in [0, 0.1) is 11.8 Å². The van der Waals surface area contributed by atoms with E-state index in [4.69, 9.17) is 37.9 Å². The lowest BCUT2D eigenvalue weighted by Gasteiger charge is -2.49. The number of aliphatic hydroxyl groups excluding tert-OH is 3. The van der Waals surface area contributed by atoms with Crippen LogP contribution in [0.4, 0.5) is 4.79 Å². The van der Waals surface area contributed by atoms with E-state index in [0.29, 0.717) is 13.0 Å². The topological polar surface area (TPSA) is 230 Å². The van der Waals surface area contributed by atoms with E-state index in [9.17, 15) is 34.8 Å². The number of carbonyl (C=O) groups excluding carboxylic acids is 3. The highest BCUT2D eigenvalue weighted by Gasteiger charge is 2.54. The summed E-state index contributed by atoms with van der Waals surface area (Å²) in [7, 11) is 0. The molecule has 6 N–H and O–H groups in total. The third-order valence-electron chi connectivity index (χ3n) is 11.1. The molecule has 7 unspecified atom stereocenters. The van der Waals surface area contributed by atoms with Gasteiger partial charge in [-0.15, -0.1) is 0 Å². The second-order valence-electron chi connectivity index (χ2n) is 19.6. The van der Waals surface area contributed by atoms with Crippen molar-refractivity contribution >= 4 is 18.0 Å². The van der Waals surface area contributed by atoms with Crippen LogP contribution in [-0.4, -0.2) is 142 Å². The Kier molecular flexibility index (Phi) is 17.0. The number of esters is 1. The lowest BCUT2D eigenvalue weighted by atomic mass is 9.80. The van der Waals surface area contributed by atoms with Crippen LogP contribution in [0.2, 0.25) is 0 Å². The summed E-state index contributed by atoms with van der Waals surface area (Å²) in [5, 5.41) is 51.4. The quantitative estimate of drug-likeness (QED) is 0.130. The van der Waals surface area contributed by atoms with Crippen LogP contribution in [-0.2, 0) is 47.5 Å². The lowest BCUT2D eigenvalue weighted by molar-refractivity contribution is -0.318. The number of nitrogens with one attached hydrogen (secondary N) is 2. The van der Waals surface area contributed by atoms with Gasteiger partial charge in [0.05, 0.1) is 49.5 Å². The molecule has 4 aliphatic rings. The highest BCUT2D eigenvalue weighted by Crippen LogP contribution is 2.38. The number of carbonyl (C=O) groups is 3. The van der Waals surface area contributed by atoms with Gasteiger partial charge in [-0.2, -0.15) is 0 Å². The second kappa shape index (κ2) is 20.3. The first-order chi connectivity index (χ1) is 27.3. The van der Waals surface area contributed by atoms with E-state index >= 15 is 0 Å². The Morgan fingerprint density at radius 3 is 2.07 bits per heavy atom. The number of alkyl carbamates (subject to hydrolysis) is 1. The van der Waals surface area contributed by atoms with Crippen molar-refractivity contribution in [2.75, 3.05) is 13.2 Å². The zero-order valence-corrected chi connectivity index (χ0v) is 37.1. The van der Waals surface area contributed by atoms with Crippen LogP contribution in [0.25, 0.3) is 0 Å². The number of aliphatic hydroxyl groups is 4. The van der Waals surface area contributed by atoms with Gasteiger partial charge < -0.3 is 69.0 Å². The first-order valence-electron chi connectivity index (χ1n) is 21.5. The molecule has 17 nitrogen and oxygen atoms in total. The Morgan fingerprint density at radius 2 is 1.47 bits per heavy atom. The highest BCUT2D eigenvalue weighted by atomic mass is 16.7. The van der Waals surface area contributed by atoms with E-state index < -0.39 is 102 Å². The van der Waals surface area contributed by atoms with Gasteiger partial charge in [0.1, 0.15) is 41.7 Å². The van der Waals surface area contributed by atoms with Crippen molar-refractivity contribution in [3.63, 3.8) is 0 Å². The lowest BCUT2D eigenvalue weighted by Crippen LogP contribution is -2.68. The van der Waals surface area contributed by atoms with E-state index in [1.807, 2.05) is 27.7 Å². The first kappa shape index (κ1) is 49.5. The van der Waals surface area contributed by atoms with Gasteiger partial charge >= 0.3 is 12.1 Å². The van der Waals surface area contributed by atoms with Gasteiger partial charge in [-0.05, 0) is 107 Å². The van der Waals surface area contributed by atoms with Crippen molar-refractivity contribution in [2.45, 2.75) is 224 Å². The molecule has 3 aliphatic heterocycles. The Morgan fingerprint density at radius 1 is 0.864 bits per heavy atom. The summed E-state index contributed by atoms with van der Waals surface area (Å²) in [4.78, 5) is 39.5. The fourth-order valence-corrected chi connectivity index (χ4v) is 8.16. The van der Waals surface area contributed by atoms with Crippen molar-refractivity contribution in [3.05, 3.63) is 0 Å². The van der Waals surface area contributed by atoms with Crippen molar-refractivity contribution < 1.29 is 72.7 Å². The summed E-state index contributed by atoms with van der Waals surface area (Å²) in [6.07, 6.45) is -6.15. The summed E-state index contributed by atoms with van der Waals surface area (Å²) in [5.74, 6) is -3.18. The van der Waals surface area contributed by atoms with Gasteiger partial charge in [0.2, 0.25) is 5.91 Å². The maximum Gasteiger partial charge on any atom is 0.407 e. The van der Waals surface area contributed by atoms with Crippen LogP contribution in [0.15, 0.2) is 0 Å². The number of hydrogen-bond acceptors (Lipinski definition) is 15. The molecule has 0 aromatic rings. The molecule has 0 bridgehead atoms. The summed E-state index contributed by atoms with van der Waals surface area (Å²) < 4.78 is 48.1. The van der Waals surface area contributed by atoms with Crippen molar-refractivity contribution in [3.8, 4) is 0 Å². The molecule has 3 heterocycles. The number of amides is 2. The molecule has 4 fully saturated rings. The predicted molar refractivity (Wildman–Crippen MR) is 213 cm³/mol. The molecule has 342 valence electrons. The van der Waals surface area contributed by atoms with Gasteiger partial charge in [-0.1, -0.05) is 20.3 Å². The average Bonchev–Trinajstić information content (AvgIpc) is 3.45. The van der Waals surface area contributed by atoms with Crippen molar-refractivity contribution in [2.24, 2.45) is 11.8 Å². The van der Waals surface area contributed by atoms with E-state index in [1.165, 1.54) is 6.92 Å². The fraction of sp³-hybridized carbons (Fsp3) is 0.929. The van der Waals surface area contributed by atoms with E-state index in [0.717, 1.165) is 32.1 Å². The minimum atomic E-state index is -1.66. The van der Waals surface area contributed by atoms with Crippen molar-refractivity contribution in [1.82, 2.24) is 10.6 Å². The van der Waals surface area contributed by atoms with Gasteiger partial charge in [0, 0.05) is 11.8 Å². The molecule has 1 aliphatic carbocycles. The Hall–Kier alpha value is -2.19. The smallest absolute Gasteiger partial charge is 0.407 e. The van der Waals surface area contributed by atoms with E-state index in [2.05, 4.69) is 10.6 Å². The van der Waals surface area contributed by atoms with Crippen LogP contribution in [0.1, 0.15) is 134 Å². The van der Waals surface area contributed by atoms with E-state index in [1.54, 1.807) is 41.5 Å². The minimum absolute atomic E-state index is 0.00420. The minimum Gasteiger partial charge on any atom is -0.460 e. The van der Waals surface area contributed by atoms with Gasteiger partial charge in [0.25, 0.3) is 0 Å².